The highest BCUT2D eigenvalue weighted by atomic mass is 19.4. The Morgan fingerprint density at radius 1 is 1.15 bits per heavy atom. The molecule has 1 aliphatic rings. The predicted molar refractivity (Wildman–Crippen MR) is 113 cm³/mol. The maximum absolute atomic E-state index is 13.7. The Bertz CT molecular complexity index is 1040. The number of hydrogen-bond donors (Lipinski definition) is 1. The van der Waals surface area contributed by atoms with E-state index in [9.17, 15) is 31.9 Å². The van der Waals surface area contributed by atoms with Crippen molar-refractivity contribution in [1.29, 1.82) is 0 Å². The number of aliphatic hydroxyl groups excluding tert-OH is 1. The Morgan fingerprint density at radius 3 is 2.61 bits per heavy atom. The third kappa shape index (κ3) is 7.03. The van der Waals surface area contributed by atoms with E-state index in [-0.39, 0.29) is 46.7 Å². The molecule has 0 unspecified atom stereocenters. The summed E-state index contributed by atoms with van der Waals surface area (Å²) in [6.07, 6.45) is -0.899. The summed E-state index contributed by atoms with van der Waals surface area (Å²) in [5.41, 5.74) is -1.13. The zero-order valence-corrected chi connectivity index (χ0v) is 17.7. The monoisotopic (exact) mass is 466 g/mol. The predicted octanol–water partition coefficient (Wildman–Crippen LogP) is 6.23. The SMILES string of the molecule is O=C(C#Cc1ccc(-c2cccc(OC(F)F)c2)c(C(F)(F)F)c1)CCC[C@H]1CCC[C@H]1O. The number of alkyl halides is 5. The molecule has 2 aromatic rings. The highest BCUT2D eigenvalue weighted by molar-refractivity contribution is 5.96. The molecule has 0 saturated heterocycles. The fourth-order valence-corrected chi connectivity index (χ4v) is 4.03. The number of carbonyl (C=O) groups is 1. The van der Waals surface area contributed by atoms with Crippen LogP contribution in [0.1, 0.15) is 49.7 Å². The van der Waals surface area contributed by atoms with Gasteiger partial charge in [-0.3, -0.25) is 4.79 Å². The van der Waals surface area contributed by atoms with Gasteiger partial charge in [0.25, 0.3) is 0 Å². The first-order valence-corrected chi connectivity index (χ1v) is 10.6. The molecule has 3 rings (SSSR count). The standard InChI is InChI=1S/C25H23F5O3/c26-24(27)33-20-8-2-6-18(15-20)21-13-11-16(14-22(21)25(28,29)30)10-12-19(31)7-1-4-17-5-3-9-23(17)32/h2,6,8,11,13-15,17,23-24,32H,1,3-5,7,9H2/t17-,23+/m0/s1. The van der Waals surface area contributed by atoms with Gasteiger partial charge in [0.15, 0.2) is 0 Å². The first kappa shape index (κ1) is 24.7. The van der Waals surface area contributed by atoms with E-state index in [4.69, 9.17) is 0 Å². The number of carbonyl (C=O) groups excluding carboxylic acids is 1. The highest BCUT2D eigenvalue weighted by Gasteiger charge is 2.34. The van der Waals surface area contributed by atoms with Crippen LogP contribution in [0, 0.1) is 17.8 Å². The van der Waals surface area contributed by atoms with Crippen molar-refractivity contribution >= 4 is 5.78 Å². The van der Waals surface area contributed by atoms with E-state index in [2.05, 4.69) is 16.6 Å². The lowest BCUT2D eigenvalue weighted by atomic mass is 9.96. The molecule has 0 aromatic heterocycles. The summed E-state index contributed by atoms with van der Waals surface area (Å²) in [6.45, 7) is -3.10. The van der Waals surface area contributed by atoms with Gasteiger partial charge in [0.05, 0.1) is 11.7 Å². The molecule has 1 aliphatic carbocycles. The second-order valence-electron chi connectivity index (χ2n) is 7.99. The van der Waals surface area contributed by atoms with Gasteiger partial charge < -0.3 is 9.84 Å². The second kappa shape index (κ2) is 10.8. The number of benzene rings is 2. The Hall–Kier alpha value is -2.92. The summed E-state index contributed by atoms with van der Waals surface area (Å²) >= 11 is 0. The molecule has 0 bridgehead atoms. The van der Waals surface area contributed by atoms with Crippen LogP contribution in [0.3, 0.4) is 0 Å². The lowest BCUT2D eigenvalue weighted by Crippen LogP contribution is -2.13. The molecule has 2 aromatic carbocycles. The van der Waals surface area contributed by atoms with Gasteiger partial charge >= 0.3 is 12.8 Å². The van der Waals surface area contributed by atoms with E-state index < -0.39 is 18.4 Å². The quantitative estimate of drug-likeness (QED) is 0.389. The summed E-state index contributed by atoms with van der Waals surface area (Å²) < 4.78 is 70.2. The minimum atomic E-state index is -4.72. The molecule has 0 heterocycles. The van der Waals surface area contributed by atoms with Crippen molar-refractivity contribution in [3.8, 4) is 28.7 Å². The van der Waals surface area contributed by atoms with Crippen molar-refractivity contribution in [3.63, 3.8) is 0 Å². The zero-order chi connectivity index (χ0) is 24.0. The fourth-order valence-electron chi connectivity index (χ4n) is 4.03. The third-order valence-electron chi connectivity index (χ3n) is 5.64. The number of Topliss-reactive ketones (excluding diaryl/α,β-unsaturated/α-hetero) is 1. The van der Waals surface area contributed by atoms with Crippen LogP contribution in [0.25, 0.3) is 11.1 Å². The summed E-state index contributed by atoms with van der Waals surface area (Å²) in [5.74, 6) is 4.43. The van der Waals surface area contributed by atoms with Crippen LogP contribution in [0.15, 0.2) is 42.5 Å². The number of ketones is 1. The first-order valence-electron chi connectivity index (χ1n) is 10.6. The molecular weight excluding hydrogens is 443 g/mol. The lowest BCUT2D eigenvalue weighted by Gasteiger charge is -2.14. The van der Waals surface area contributed by atoms with Crippen LogP contribution in [0.4, 0.5) is 22.0 Å². The normalized spacial score (nSPS) is 18.2. The van der Waals surface area contributed by atoms with Gasteiger partial charge in [0, 0.05) is 12.0 Å². The van der Waals surface area contributed by atoms with Crippen LogP contribution < -0.4 is 4.74 Å². The summed E-state index contributed by atoms with van der Waals surface area (Å²) in [6, 6.07) is 8.39. The number of ether oxygens (including phenoxy) is 1. The van der Waals surface area contributed by atoms with Crippen LogP contribution in [0.5, 0.6) is 5.75 Å². The minimum Gasteiger partial charge on any atom is -0.435 e. The molecule has 176 valence electrons. The molecule has 0 spiro atoms. The van der Waals surface area contributed by atoms with Gasteiger partial charge in [-0.2, -0.15) is 22.0 Å². The van der Waals surface area contributed by atoms with E-state index >= 15 is 0 Å². The van der Waals surface area contributed by atoms with Gasteiger partial charge in [-0.15, -0.1) is 0 Å². The van der Waals surface area contributed by atoms with Gasteiger partial charge in [-0.25, -0.2) is 0 Å². The van der Waals surface area contributed by atoms with Crippen LogP contribution in [0.2, 0.25) is 0 Å². The van der Waals surface area contributed by atoms with E-state index in [0.29, 0.717) is 6.42 Å². The minimum absolute atomic E-state index is 0.0191. The maximum Gasteiger partial charge on any atom is 0.417 e. The summed E-state index contributed by atoms with van der Waals surface area (Å²) in [4.78, 5) is 12.0. The second-order valence-corrected chi connectivity index (χ2v) is 7.99. The van der Waals surface area contributed by atoms with Crippen LogP contribution in [-0.4, -0.2) is 23.6 Å². The molecule has 1 N–H and O–H groups in total. The average Bonchev–Trinajstić information content (AvgIpc) is 3.16. The summed E-state index contributed by atoms with van der Waals surface area (Å²) in [5, 5.41) is 9.81. The number of halogens is 5. The highest BCUT2D eigenvalue weighted by Crippen LogP contribution is 2.38. The summed E-state index contributed by atoms with van der Waals surface area (Å²) in [7, 11) is 0. The van der Waals surface area contributed by atoms with Crippen molar-refractivity contribution in [2.45, 2.75) is 57.4 Å². The van der Waals surface area contributed by atoms with Crippen LogP contribution >= 0.6 is 0 Å². The Kier molecular flexibility index (Phi) is 8.09. The number of aliphatic hydroxyl groups is 1. The van der Waals surface area contributed by atoms with Gasteiger partial charge in [-0.1, -0.05) is 30.5 Å². The number of rotatable bonds is 7. The van der Waals surface area contributed by atoms with Crippen molar-refractivity contribution in [1.82, 2.24) is 0 Å². The van der Waals surface area contributed by atoms with E-state index in [1.54, 1.807) is 0 Å². The zero-order valence-electron chi connectivity index (χ0n) is 17.7. The Labute approximate surface area is 188 Å². The molecule has 2 atom stereocenters. The topological polar surface area (TPSA) is 46.5 Å². The fraction of sp³-hybridized carbons (Fsp3) is 0.400. The molecule has 0 aliphatic heterocycles. The first-order chi connectivity index (χ1) is 15.6. The Morgan fingerprint density at radius 2 is 1.94 bits per heavy atom. The van der Waals surface area contributed by atoms with Crippen molar-refractivity contribution < 1.29 is 36.6 Å². The molecule has 1 saturated carbocycles. The molecule has 33 heavy (non-hydrogen) atoms. The molecule has 3 nitrogen and oxygen atoms in total. The van der Waals surface area contributed by atoms with Crippen molar-refractivity contribution in [2.24, 2.45) is 5.92 Å². The smallest absolute Gasteiger partial charge is 0.417 e. The van der Waals surface area contributed by atoms with Gasteiger partial charge in [-0.05, 0) is 72.9 Å². The van der Waals surface area contributed by atoms with Crippen molar-refractivity contribution in [3.05, 3.63) is 53.6 Å². The maximum atomic E-state index is 13.7. The average molecular weight is 466 g/mol. The third-order valence-corrected chi connectivity index (χ3v) is 5.64. The molecule has 0 radical (unpaired) electrons. The van der Waals surface area contributed by atoms with Gasteiger partial charge in [0.2, 0.25) is 5.78 Å². The molecule has 1 fully saturated rings. The van der Waals surface area contributed by atoms with E-state index in [0.717, 1.165) is 37.8 Å². The van der Waals surface area contributed by atoms with E-state index in [1.807, 2.05) is 0 Å². The largest absolute Gasteiger partial charge is 0.435 e. The van der Waals surface area contributed by atoms with Crippen molar-refractivity contribution in [2.75, 3.05) is 0 Å². The number of hydrogen-bond acceptors (Lipinski definition) is 3. The Balaban J connectivity index is 1.74. The van der Waals surface area contributed by atoms with Gasteiger partial charge in [0.1, 0.15) is 5.75 Å². The molecule has 0 amide bonds. The van der Waals surface area contributed by atoms with Crippen LogP contribution in [-0.2, 0) is 11.0 Å². The van der Waals surface area contributed by atoms with E-state index in [1.165, 1.54) is 30.3 Å². The molecule has 8 heteroatoms. The lowest BCUT2D eigenvalue weighted by molar-refractivity contribution is -0.137. The molecular formula is C25H23F5O3.